The van der Waals surface area contributed by atoms with Crippen LogP contribution in [0.15, 0.2) is 42.5 Å². The number of allylic oxidation sites excluding steroid dienone is 1. The Morgan fingerprint density at radius 2 is 2.06 bits per heavy atom. The van der Waals surface area contributed by atoms with Gasteiger partial charge in [-0.3, -0.25) is 4.79 Å². The second-order valence-electron chi connectivity index (χ2n) is 4.66. The summed E-state index contributed by atoms with van der Waals surface area (Å²) >= 11 is 0. The molecule has 2 nitrogen and oxygen atoms in total. The highest BCUT2D eigenvalue weighted by Crippen LogP contribution is 2.42. The molecule has 0 saturated heterocycles. The molecule has 1 fully saturated rings. The Labute approximate surface area is 106 Å². The minimum atomic E-state index is -1.18. The zero-order valence-electron chi connectivity index (χ0n) is 10.4. The van der Waals surface area contributed by atoms with Gasteiger partial charge < -0.3 is 4.74 Å². The van der Waals surface area contributed by atoms with Crippen LogP contribution in [0.3, 0.4) is 0 Å². The van der Waals surface area contributed by atoms with Gasteiger partial charge in [0.1, 0.15) is 6.17 Å². The van der Waals surface area contributed by atoms with Gasteiger partial charge in [-0.05, 0) is 24.0 Å². The molecule has 0 spiro atoms. The molecule has 3 atom stereocenters. The third kappa shape index (κ3) is 2.30. The first-order valence-electron chi connectivity index (χ1n) is 6.09. The Kier molecular flexibility index (Phi) is 3.80. The lowest BCUT2D eigenvalue weighted by Crippen LogP contribution is -2.34. The highest BCUT2D eigenvalue weighted by Gasteiger charge is 2.41. The van der Waals surface area contributed by atoms with E-state index in [1.54, 1.807) is 0 Å². The summed E-state index contributed by atoms with van der Waals surface area (Å²) in [6.07, 6.45) is -0.0271. The van der Waals surface area contributed by atoms with Crippen molar-refractivity contribution in [1.82, 2.24) is 0 Å². The molecule has 18 heavy (non-hydrogen) atoms. The van der Waals surface area contributed by atoms with Crippen LogP contribution in [0.4, 0.5) is 4.39 Å². The quantitative estimate of drug-likeness (QED) is 0.593. The van der Waals surface area contributed by atoms with Crippen LogP contribution >= 0.6 is 0 Å². The molecule has 96 valence electrons. The van der Waals surface area contributed by atoms with Crippen molar-refractivity contribution in [2.75, 3.05) is 7.11 Å². The highest BCUT2D eigenvalue weighted by atomic mass is 19.1. The van der Waals surface area contributed by atoms with Gasteiger partial charge in [0.25, 0.3) is 0 Å². The molecule has 0 radical (unpaired) electrons. The maximum Gasteiger partial charge on any atom is 0.309 e. The summed E-state index contributed by atoms with van der Waals surface area (Å²) in [7, 11) is 1.35. The van der Waals surface area contributed by atoms with E-state index in [1.807, 2.05) is 30.3 Å². The third-order valence-electron chi connectivity index (χ3n) is 3.60. The van der Waals surface area contributed by atoms with E-state index in [1.165, 1.54) is 7.11 Å². The third-order valence-corrected chi connectivity index (χ3v) is 3.60. The van der Waals surface area contributed by atoms with E-state index in [4.69, 9.17) is 4.74 Å². The van der Waals surface area contributed by atoms with Gasteiger partial charge in [0.2, 0.25) is 0 Å². The summed E-state index contributed by atoms with van der Waals surface area (Å²) in [5.41, 5.74) is 1.41. The Morgan fingerprint density at radius 1 is 1.39 bits per heavy atom. The molecule has 1 aliphatic carbocycles. The topological polar surface area (TPSA) is 26.3 Å². The van der Waals surface area contributed by atoms with Crippen molar-refractivity contribution in [3.8, 4) is 0 Å². The average Bonchev–Trinajstić information content (AvgIpc) is 2.41. The van der Waals surface area contributed by atoms with E-state index in [0.717, 1.165) is 5.56 Å². The van der Waals surface area contributed by atoms with E-state index in [0.29, 0.717) is 18.4 Å². The molecule has 1 aliphatic rings. The van der Waals surface area contributed by atoms with Crippen molar-refractivity contribution < 1.29 is 13.9 Å². The number of alkyl halides is 1. The first kappa shape index (κ1) is 12.8. The second-order valence-corrected chi connectivity index (χ2v) is 4.66. The lowest BCUT2D eigenvalue weighted by molar-refractivity contribution is -0.147. The second kappa shape index (κ2) is 5.34. The fourth-order valence-corrected chi connectivity index (χ4v) is 2.61. The summed E-state index contributed by atoms with van der Waals surface area (Å²) in [5, 5.41) is 0. The molecule has 0 aromatic heterocycles. The number of hydrogen-bond donors (Lipinski definition) is 0. The van der Waals surface area contributed by atoms with Crippen LogP contribution in [0.2, 0.25) is 0 Å². The number of ether oxygens (including phenoxy) is 1. The number of rotatable bonds is 2. The molecule has 1 saturated carbocycles. The van der Waals surface area contributed by atoms with E-state index in [9.17, 15) is 9.18 Å². The molecule has 3 heteroatoms. The summed E-state index contributed by atoms with van der Waals surface area (Å²) in [6, 6.07) is 9.29. The molecular weight excluding hydrogens is 231 g/mol. The lowest BCUT2D eigenvalue weighted by atomic mass is 9.72. The fraction of sp³-hybridized carbons (Fsp3) is 0.400. The Hall–Kier alpha value is -1.64. The molecule has 0 bridgehead atoms. The molecule has 0 amide bonds. The average molecular weight is 248 g/mol. The Bertz CT molecular complexity index is 441. The maximum atomic E-state index is 14.4. The summed E-state index contributed by atoms with van der Waals surface area (Å²) in [6.45, 7) is 3.76. The van der Waals surface area contributed by atoms with E-state index >= 15 is 0 Å². The van der Waals surface area contributed by atoms with Gasteiger partial charge in [-0.2, -0.15) is 0 Å². The first-order valence-corrected chi connectivity index (χ1v) is 6.09. The van der Waals surface area contributed by atoms with Crippen LogP contribution in [0.25, 0.3) is 0 Å². The van der Waals surface area contributed by atoms with Crippen molar-refractivity contribution in [3.05, 3.63) is 48.0 Å². The highest BCUT2D eigenvalue weighted by molar-refractivity contribution is 5.74. The van der Waals surface area contributed by atoms with Crippen LogP contribution in [0.5, 0.6) is 0 Å². The van der Waals surface area contributed by atoms with Crippen molar-refractivity contribution in [3.63, 3.8) is 0 Å². The Balaban J connectivity index is 2.35. The molecule has 0 aliphatic heterocycles. The smallest absolute Gasteiger partial charge is 0.309 e. The maximum absolute atomic E-state index is 14.4. The molecule has 0 N–H and O–H groups in total. The van der Waals surface area contributed by atoms with Gasteiger partial charge in [-0.15, -0.1) is 0 Å². The van der Waals surface area contributed by atoms with E-state index in [2.05, 4.69) is 6.58 Å². The van der Waals surface area contributed by atoms with Gasteiger partial charge in [-0.1, -0.05) is 36.9 Å². The van der Waals surface area contributed by atoms with Gasteiger partial charge in [0.15, 0.2) is 0 Å². The normalized spacial score (nSPS) is 27.9. The molecule has 1 aromatic carbocycles. The molecule has 0 heterocycles. The van der Waals surface area contributed by atoms with Gasteiger partial charge in [0.05, 0.1) is 13.0 Å². The van der Waals surface area contributed by atoms with Gasteiger partial charge in [0, 0.05) is 5.92 Å². The molecule has 0 unspecified atom stereocenters. The first-order chi connectivity index (χ1) is 8.65. The van der Waals surface area contributed by atoms with Crippen LogP contribution in [0.1, 0.15) is 24.3 Å². The zero-order chi connectivity index (χ0) is 13.1. The lowest BCUT2D eigenvalue weighted by Gasteiger charge is -2.34. The summed E-state index contributed by atoms with van der Waals surface area (Å²) < 4.78 is 19.2. The zero-order valence-corrected chi connectivity index (χ0v) is 10.4. The van der Waals surface area contributed by atoms with Crippen LogP contribution < -0.4 is 0 Å². The largest absolute Gasteiger partial charge is 0.469 e. The van der Waals surface area contributed by atoms with Crippen LogP contribution in [-0.2, 0) is 9.53 Å². The Morgan fingerprint density at radius 3 is 2.67 bits per heavy atom. The number of methoxy groups -OCH3 is 1. The SMILES string of the molecule is C=C1CC[C@@H](C(=O)OC)[C@@H](c2ccccc2)[C@@H]1F. The summed E-state index contributed by atoms with van der Waals surface area (Å²) in [5.74, 6) is -1.23. The minimum Gasteiger partial charge on any atom is -0.469 e. The number of esters is 1. The number of carbonyl (C=O) groups is 1. The number of carbonyl (C=O) groups excluding carboxylic acids is 1. The number of hydrogen-bond acceptors (Lipinski definition) is 2. The van der Waals surface area contributed by atoms with Crippen molar-refractivity contribution in [2.45, 2.75) is 24.9 Å². The monoisotopic (exact) mass is 248 g/mol. The molecule has 1 aromatic rings. The fourth-order valence-electron chi connectivity index (χ4n) is 2.61. The van der Waals surface area contributed by atoms with Gasteiger partial charge in [-0.25, -0.2) is 4.39 Å². The number of benzene rings is 1. The van der Waals surface area contributed by atoms with Crippen molar-refractivity contribution in [1.29, 1.82) is 0 Å². The minimum absolute atomic E-state index is 0.334. The van der Waals surface area contributed by atoms with Crippen molar-refractivity contribution in [2.24, 2.45) is 5.92 Å². The predicted octanol–water partition coefficient (Wildman–Crippen LogP) is 3.25. The molecular formula is C15H17FO2. The van der Waals surface area contributed by atoms with Crippen LogP contribution in [0, 0.1) is 5.92 Å². The number of halogens is 1. The molecule has 2 rings (SSSR count). The van der Waals surface area contributed by atoms with Crippen molar-refractivity contribution >= 4 is 5.97 Å². The van der Waals surface area contributed by atoms with E-state index < -0.39 is 18.0 Å². The van der Waals surface area contributed by atoms with Gasteiger partial charge >= 0.3 is 5.97 Å². The van der Waals surface area contributed by atoms with E-state index in [-0.39, 0.29) is 5.97 Å². The predicted molar refractivity (Wildman–Crippen MR) is 68.0 cm³/mol. The standard InChI is InChI=1S/C15H17FO2/c1-10-8-9-12(15(17)18-2)13(14(10)16)11-6-4-3-5-7-11/h3-7,12-14H,1,8-9H2,2H3/t12-,13-,14-/m1/s1. The van der Waals surface area contributed by atoms with Crippen LogP contribution in [-0.4, -0.2) is 19.3 Å². The summed E-state index contributed by atoms with van der Waals surface area (Å²) in [4.78, 5) is 11.8.